The lowest BCUT2D eigenvalue weighted by Gasteiger charge is -2.23. The molecule has 2 fully saturated rings. The van der Waals surface area contributed by atoms with E-state index in [4.69, 9.17) is 28.6 Å². The molecule has 10 nitrogen and oxygen atoms in total. The zero-order chi connectivity index (χ0) is 29.3. The van der Waals surface area contributed by atoms with E-state index in [9.17, 15) is 4.79 Å². The van der Waals surface area contributed by atoms with Crippen LogP contribution in [0, 0.1) is 6.92 Å². The summed E-state index contributed by atoms with van der Waals surface area (Å²) in [6, 6.07) is 11.5. The Morgan fingerprint density at radius 2 is 1.84 bits per heavy atom. The van der Waals surface area contributed by atoms with Crippen LogP contribution in [0.25, 0.3) is 16.7 Å². The van der Waals surface area contributed by atoms with Crippen LogP contribution in [0.1, 0.15) is 71.6 Å². The Morgan fingerprint density at radius 1 is 1.00 bits per heavy atom. The monoisotopic (exact) mass is 581 g/mol. The highest BCUT2D eigenvalue weighted by Gasteiger charge is 2.28. The van der Waals surface area contributed by atoms with Crippen molar-refractivity contribution in [2.45, 2.75) is 64.0 Å². The largest absolute Gasteiger partial charge is 0.495 e. The van der Waals surface area contributed by atoms with E-state index in [0.29, 0.717) is 54.4 Å². The zero-order valence-electron chi connectivity index (χ0n) is 24.4. The fourth-order valence-corrected chi connectivity index (χ4v) is 6.15. The summed E-state index contributed by atoms with van der Waals surface area (Å²) < 4.78 is 23.4. The summed E-state index contributed by atoms with van der Waals surface area (Å²) in [5.41, 5.74) is 6.62. The minimum atomic E-state index is -0.130. The molecule has 0 spiro atoms. The van der Waals surface area contributed by atoms with Crippen LogP contribution in [0.2, 0.25) is 0 Å². The molecule has 3 heterocycles. The van der Waals surface area contributed by atoms with Crippen molar-refractivity contribution >= 4 is 34.2 Å². The van der Waals surface area contributed by atoms with Gasteiger partial charge in [-0.1, -0.05) is 12.1 Å². The number of allylic oxidation sites excluding steroid dienone is 1. The van der Waals surface area contributed by atoms with Crippen LogP contribution in [0.3, 0.4) is 0 Å². The molecule has 1 saturated heterocycles. The number of amides is 1. The summed E-state index contributed by atoms with van der Waals surface area (Å²) in [5, 5.41) is 6.43. The van der Waals surface area contributed by atoms with E-state index in [1.807, 2.05) is 25.1 Å². The summed E-state index contributed by atoms with van der Waals surface area (Å²) in [6.45, 7) is 3.18. The highest BCUT2D eigenvalue weighted by molar-refractivity contribution is 5.95. The number of fused-ring (bicyclic) bond motifs is 2. The van der Waals surface area contributed by atoms with Crippen LogP contribution < -0.4 is 20.1 Å². The zero-order valence-corrected chi connectivity index (χ0v) is 24.4. The van der Waals surface area contributed by atoms with E-state index in [1.54, 1.807) is 19.2 Å². The second kappa shape index (κ2) is 11.7. The smallest absolute Gasteiger partial charge is 0.251 e. The number of aromatic nitrogens is 3. The SMILES string of the molecule is COc1cc(C(=O)NC2CCOCC2)ccc1Nc1nc2c(c(OC3CCCC3)n1)C(c1ccc3nc(C)oc3c1)=CC2. The third-order valence-corrected chi connectivity index (χ3v) is 8.37. The predicted octanol–water partition coefficient (Wildman–Crippen LogP) is 5.90. The van der Waals surface area contributed by atoms with Crippen molar-refractivity contribution in [1.82, 2.24) is 20.3 Å². The number of hydrogen-bond acceptors (Lipinski definition) is 9. The van der Waals surface area contributed by atoms with E-state index in [1.165, 1.54) is 0 Å². The Balaban J connectivity index is 1.18. The van der Waals surface area contributed by atoms with Crippen LogP contribution in [-0.2, 0) is 11.2 Å². The van der Waals surface area contributed by atoms with Crippen molar-refractivity contribution in [1.29, 1.82) is 0 Å². The Bertz CT molecular complexity index is 1700. The molecule has 0 bridgehead atoms. The Morgan fingerprint density at radius 3 is 2.65 bits per heavy atom. The lowest BCUT2D eigenvalue weighted by Crippen LogP contribution is -2.38. The van der Waals surface area contributed by atoms with Gasteiger partial charge in [0.05, 0.1) is 24.1 Å². The second-order valence-electron chi connectivity index (χ2n) is 11.3. The molecule has 1 saturated carbocycles. The number of oxazole rings is 1. The van der Waals surface area contributed by atoms with Crippen LogP contribution in [0.4, 0.5) is 11.6 Å². The van der Waals surface area contributed by atoms with Crippen molar-refractivity contribution in [3.8, 4) is 11.6 Å². The molecule has 2 N–H and O–H groups in total. The number of rotatable bonds is 8. The van der Waals surface area contributed by atoms with Crippen molar-refractivity contribution in [3.63, 3.8) is 0 Å². The number of hydrogen-bond donors (Lipinski definition) is 2. The summed E-state index contributed by atoms with van der Waals surface area (Å²) >= 11 is 0. The molecule has 0 radical (unpaired) electrons. The predicted molar refractivity (Wildman–Crippen MR) is 162 cm³/mol. The van der Waals surface area contributed by atoms with Crippen molar-refractivity contribution < 1.29 is 23.4 Å². The normalized spacial score (nSPS) is 17.1. The highest BCUT2D eigenvalue weighted by Crippen LogP contribution is 2.41. The molecule has 1 aliphatic heterocycles. The Labute approximate surface area is 249 Å². The average Bonchev–Trinajstić information content (AvgIpc) is 3.77. The number of methoxy groups -OCH3 is 1. The van der Waals surface area contributed by atoms with Gasteiger partial charge in [-0.05, 0) is 80.0 Å². The topological polar surface area (TPSA) is 121 Å². The first-order valence-electron chi connectivity index (χ1n) is 15.0. The Kier molecular flexibility index (Phi) is 7.44. The van der Waals surface area contributed by atoms with Crippen molar-refractivity contribution in [2.75, 3.05) is 25.6 Å². The summed E-state index contributed by atoms with van der Waals surface area (Å²) in [5.74, 6) is 2.02. The molecule has 2 aromatic heterocycles. The maximum Gasteiger partial charge on any atom is 0.251 e. The lowest BCUT2D eigenvalue weighted by molar-refractivity contribution is 0.0696. The molecule has 0 atom stereocenters. The molecule has 2 aromatic carbocycles. The van der Waals surface area contributed by atoms with Crippen molar-refractivity contribution in [2.24, 2.45) is 0 Å². The molecular weight excluding hydrogens is 546 g/mol. The van der Waals surface area contributed by atoms with Gasteiger partial charge in [-0.25, -0.2) is 9.97 Å². The molecule has 3 aliphatic rings. The molecule has 43 heavy (non-hydrogen) atoms. The van der Waals surface area contributed by atoms with Gasteiger partial charge in [0.25, 0.3) is 5.91 Å². The van der Waals surface area contributed by atoms with Gasteiger partial charge < -0.3 is 29.3 Å². The van der Waals surface area contributed by atoms with E-state index < -0.39 is 0 Å². The van der Waals surface area contributed by atoms with Gasteiger partial charge in [0.1, 0.15) is 17.4 Å². The number of nitrogens with one attached hydrogen (secondary N) is 2. The fraction of sp³-hybridized carbons (Fsp3) is 0.394. The van der Waals surface area contributed by atoms with Gasteiger partial charge >= 0.3 is 0 Å². The summed E-state index contributed by atoms with van der Waals surface area (Å²) in [6.07, 6.45) is 8.89. The van der Waals surface area contributed by atoms with Gasteiger partial charge in [-0.15, -0.1) is 0 Å². The molecule has 4 aromatic rings. The lowest BCUT2D eigenvalue weighted by atomic mass is 10.0. The van der Waals surface area contributed by atoms with E-state index in [0.717, 1.165) is 72.0 Å². The average molecular weight is 582 g/mol. The number of ether oxygens (including phenoxy) is 3. The maximum atomic E-state index is 12.9. The van der Waals surface area contributed by atoms with E-state index >= 15 is 0 Å². The van der Waals surface area contributed by atoms with Crippen LogP contribution in [0.5, 0.6) is 11.6 Å². The second-order valence-corrected chi connectivity index (χ2v) is 11.3. The first-order valence-corrected chi connectivity index (χ1v) is 15.0. The van der Waals surface area contributed by atoms with E-state index in [2.05, 4.69) is 27.8 Å². The van der Waals surface area contributed by atoms with Gasteiger partial charge in [0.15, 0.2) is 11.5 Å². The minimum absolute atomic E-state index is 0.114. The molecule has 7 rings (SSSR count). The number of anilines is 2. The molecular formula is C33H35N5O5. The first kappa shape index (κ1) is 27.4. The number of nitrogens with zero attached hydrogens (tertiary/aromatic N) is 3. The van der Waals surface area contributed by atoms with Crippen LogP contribution >= 0.6 is 0 Å². The van der Waals surface area contributed by atoms with Crippen LogP contribution in [-0.4, -0.2) is 53.3 Å². The molecule has 1 amide bonds. The van der Waals surface area contributed by atoms with Gasteiger partial charge in [0, 0.05) is 38.2 Å². The molecule has 10 heteroatoms. The third kappa shape index (κ3) is 5.67. The number of carbonyl (C=O) groups is 1. The first-order chi connectivity index (χ1) is 21.0. The highest BCUT2D eigenvalue weighted by atomic mass is 16.5. The minimum Gasteiger partial charge on any atom is -0.495 e. The quantitative estimate of drug-likeness (QED) is 0.262. The number of aryl methyl sites for hydroxylation is 1. The van der Waals surface area contributed by atoms with Gasteiger partial charge in [0.2, 0.25) is 11.8 Å². The third-order valence-electron chi connectivity index (χ3n) is 8.37. The molecule has 0 unspecified atom stereocenters. The van der Waals surface area contributed by atoms with E-state index in [-0.39, 0.29) is 18.1 Å². The molecule has 222 valence electrons. The van der Waals surface area contributed by atoms with Crippen LogP contribution in [0.15, 0.2) is 46.9 Å². The van der Waals surface area contributed by atoms with Gasteiger partial charge in [-0.3, -0.25) is 4.79 Å². The van der Waals surface area contributed by atoms with Crippen molar-refractivity contribution in [3.05, 3.63) is 70.7 Å². The molecule has 2 aliphatic carbocycles. The summed E-state index contributed by atoms with van der Waals surface area (Å²) in [7, 11) is 1.59. The Hall–Kier alpha value is -4.44. The fourth-order valence-electron chi connectivity index (χ4n) is 6.15. The van der Waals surface area contributed by atoms with Gasteiger partial charge in [-0.2, -0.15) is 4.98 Å². The standard InChI is InChI=1S/C33H35N5O5/c1-19-34-26-10-7-20(17-29(26)42-19)24-9-12-27-30(24)32(43-23-5-3-4-6-23)38-33(37-27)36-25-11-8-21(18-28(25)40-2)31(39)35-22-13-15-41-16-14-22/h7-11,17-18,22-23H,3-6,12-16H2,1-2H3,(H,35,39)(H,36,37,38). The number of benzene rings is 2. The summed E-state index contributed by atoms with van der Waals surface area (Å²) in [4.78, 5) is 27.1. The number of carbonyl (C=O) groups excluding carboxylic acids is 1. The maximum absolute atomic E-state index is 12.9.